The van der Waals surface area contributed by atoms with Crippen LogP contribution >= 0.6 is 11.6 Å². The molecular weight excluding hydrogens is 622 g/mol. The molecule has 0 aliphatic rings. The van der Waals surface area contributed by atoms with Gasteiger partial charge in [-0.15, -0.1) is 0 Å². The van der Waals surface area contributed by atoms with Crippen LogP contribution in [-0.2, 0) is 39.2 Å². The number of carbonyl (C=O) groups is 2. The highest BCUT2D eigenvalue weighted by Gasteiger charge is 2.33. The summed E-state index contributed by atoms with van der Waals surface area (Å²) in [5.74, 6) is -0.322. The van der Waals surface area contributed by atoms with Crippen LogP contribution in [0.15, 0.2) is 109 Å². The van der Waals surface area contributed by atoms with Gasteiger partial charge in [-0.3, -0.25) is 13.9 Å². The van der Waals surface area contributed by atoms with Crippen molar-refractivity contribution in [1.82, 2.24) is 10.2 Å². The predicted octanol–water partition coefficient (Wildman–Crippen LogP) is 6.24. The van der Waals surface area contributed by atoms with Crippen molar-refractivity contribution in [2.45, 2.75) is 51.9 Å². The molecule has 0 radical (unpaired) electrons. The topological polar surface area (TPSA) is 96.0 Å². The Kier molecular flexibility index (Phi) is 12.2. The fraction of sp³-hybridized carbons (Fsp3) is 0.278. The number of ether oxygens (including phenoxy) is 1. The van der Waals surface area contributed by atoms with Crippen LogP contribution in [-0.4, -0.2) is 50.0 Å². The first-order valence-electron chi connectivity index (χ1n) is 15.2. The van der Waals surface area contributed by atoms with Crippen molar-refractivity contribution in [3.05, 3.63) is 131 Å². The van der Waals surface area contributed by atoms with E-state index < -0.39 is 28.5 Å². The lowest BCUT2D eigenvalue weighted by Gasteiger charge is -2.34. The maximum atomic E-state index is 14.3. The van der Waals surface area contributed by atoms with Gasteiger partial charge in [0.25, 0.3) is 0 Å². The Bertz CT molecular complexity index is 1690. The largest absolute Gasteiger partial charge is 0.489 e. The summed E-state index contributed by atoms with van der Waals surface area (Å²) in [6.45, 7) is 3.71. The van der Waals surface area contributed by atoms with E-state index in [4.69, 9.17) is 16.3 Å². The Hall–Kier alpha value is -4.34. The van der Waals surface area contributed by atoms with Crippen LogP contribution in [0.25, 0.3) is 0 Å². The molecule has 4 aromatic rings. The van der Waals surface area contributed by atoms with Crippen molar-refractivity contribution >= 4 is 39.1 Å². The van der Waals surface area contributed by atoms with Gasteiger partial charge in [0, 0.05) is 24.0 Å². The fourth-order valence-corrected chi connectivity index (χ4v) is 5.91. The summed E-state index contributed by atoms with van der Waals surface area (Å²) in [5.41, 5.74) is 2.79. The third kappa shape index (κ3) is 9.83. The molecular formula is C36H40ClN3O5S. The second-order valence-electron chi connectivity index (χ2n) is 11.2. The summed E-state index contributed by atoms with van der Waals surface area (Å²) in [6, 6.07) is 31.7. The molecule has 0 saturated carbocycles. The summed E-state index contributed by atoms with van der Waals surface area (Å²) >= 11 is 6.52. The van der Waals surface area contributed by atoms with Crippen LogP contribution in [0.5, 0.6) is 5.75 Å². The number of halogens is 1. The van der Waals surface area contributed by atoms with E-state index in [1.165, 1.54) is 4.90 Å². The van der Waals surface area contributed by atoms with Crippen LogP contribution in [0.2, 0.25) is 5.02 Å². The number of rotatable bonds is 15. The Morgan fingerprint density at radius 2 is 1.43 bits per heavy atom. The van der Waals surface area contributed by atoms with E-state index in [2.05, 4.69) is 5.32 Å². The van der Waals surface area contributed by atoms with E-state index >= 15 is 0 Å². The molecule has 242 valence electrons. The molecule has 0 fully saturated rings. The highest BCUT2D eigenvalue weighted by Crippen LogP contribution is 2.25. The Labute approximate surface area is 277 Å². The molecule has 0 aliphatic heterocycles. The van der Waals surface area contributed by atoms with Gasteiger partial charge in [0.2, 0.25) is 21.8 Å². The molecule has 0 saturated heterocycles. The monoisotopic (exact) mass is 661 g/mol. The van der Waals surface area contributed by atoms with E-state index in [1.54, 1.807) is 48.5 Å². The number of sulfonamides is 1. The zero-order valence-corrected chi connectivity index (χ0v) is 27.9. The lowest BCUT2D eigenvalue weighted by Crippen LogP contribution is -2.54. The highest BCUT2D eigenvalue weighted by atomic mass is 35.5. The summed E-state index contributed by atoms with van der Waals surface area (Å²) < 4.78 is 33.1. The van der Waals surface area contributed by atoms with E-state index in [1.807, 2.05) is 74.5 Å². The lowest BCUT2D eigenvalue weighted by atomic mass is 10.0. The number of benzene rings is 4. The van der Waals surface area contributed by atoms with E-state index in [0.29, 0.717) is 35.1 Å². The average Bonchev–Trinajstić information content (AvgIpc) is 3.05. The molecule has 1 N–H and O–H groups in total. The van der Waals surface area contributed by atoms with Crippen LogP contribution in [0, 0.1) is 0 Å². The minimum absolute atomic E-state index is 0.00774. The number of nitrogens with zero attached hydrogens (tertiary/aromatic N) is 2. The molecule has 2 amide bonds. The normalized spacial score (nSPS) is 12.5. The summed E-state index contributed by atoms with van der Waals surface area (Å²) in [4.78, 5) is 29.5. The summed E-state index contributed by atoms with van der Waals surface area (Å²) in [7, 11) is -3.91. The number of nitrogens with one attached hydrogen (secondary N) is 1. The molecule has 0 aromatic heterocycles. The summed E-state index contributed by atoms with van der Waals surface area (Å²) in [5, 5.41) is 3.46. The zero-order chi connectivity index (χ0) is 33.1. The highest BCUT2D eigenvalue weighted by molar-refractivity contribution is 7.92. The number of carbonyl (C=O) groups excluding carboxylic acids is 2. The first-order chi connectivity index (χ1) is 22.0. The first-order valence-corrected chi connectivity index (χ1v) is 17.4. The average molecular weight is 662 g/mol. The predicted molar refractivity (Wildman–Crippen MR) is 183 cm³/mol. The Morgan fingerprint density at radius 1 is 0.848 bits per heavy atom. The van der Waals surface area contributed by atoms with Crippen molar-refractivity contribution in [1.29, 1.82) is 0 Å². The molecule has 0 spiro atoms. The van der Waals surface area contributed by atoms with Gasteiger partial charge in [0.05, 0.1) is 11.9 Å². The molecule has 0 heterocycles. The first kappa shape index (κ1) is 34.5. The SMILES string of the molecule is CC[C@H](C)NC(=O)[C@@H](Cc1ccccc1)N(Cc1ccccc1Cl)C(=O)CN(c1ccc(OCc2ccccc2)cc1)S(C)(=O)=O. The zero-order valence-electron chi connectivity index (χ0n) is 26.3. The molecule has 4 aromatic carbocycles. The van der Waals surface area contributed by atoms with E-state index in [-0.39, 0.29) is 24.9 Å². The molecule has 10 heteroatoms. The van der Waals surface area contributed by atoms with Crippen molar-refractivity contribution in [3.8, 4) is 5.75 Å². The molecule has 4 rings (SSSR count). The number of anilines is 1. The smallest absolute Gasteiger partial charge is 0.244 e. The van der Waals surface area contributed by atoms with Gasteiger partial charge in [-0.2, -0.15) is 0 Å². The second-order valence-corrected chi connectivity index (χ2v) is 13.5. The third-order valence-corrected chi connectivity index (χ3v) is 9.13. The van der Waals surface area contributed by atoms with E-state index in [0.717, 1.165) is 21.7 Å². The quantitative estimate of drug-likeness (QED) is 0.163. The van der Waals surface area contributed by atoms with Crippen LogP contribution in [0.4, 0.5) is 5.69 Å². The maximum Gasteiger partial charge on any atom is 0.244 e. The molecule has 8 nitrogen and oxygen atoms in total. The van der Waals surface area contributed by atoms with Crippen molar-refractivity contribution in [2.75, 3.05) is 17.1 Å². The van der Waals surface area contributed by atoms with Crippen molar-refractivity contribution < 1.29 is 22.7 Å². The molecule has 46 heavy (non-hydrogen) atoms. The number of hydrogen-bond acceptors (Lipinski definition) is 5. The van der Waals surface area contributed by atoms with Gasteiger partial charge >= 0.3 is 0 Å². The van der Waals surface area contributed by atoms with Crippen LogP contribution < -0.4 is 14.4 Å². The van der Waals surface area contributed by atoms with Gasteiger partial charge in [-0.1, -0.05) is 97.4 Å². The standard InChI is InChI=1S/C36H40ClN3O5S/c1-4-27(2)38-36(42)34(23-28-13-7-5-8-14-28)39(24-30-17-11-12-18-33(30)37)35(41)25-40(46(3,43)44)31-19-21-32(22-20-31)45-26-29-15-9-6-10-16-29/h5-22,27,34H,4,23-26H2,1-3H3,(H,38,42)/t27-,34+/m0/s1. The summed E-state index contributed by atoms with van der Waals surface area (Å²) in [6.07, 6.45) is 1.98. The number of hydrogen-bond donors (Lipinski definition) is 1. The van der Waals surface area contributed by atoms with Gasteiger partial charge in [-0.25, -0.2) is 8.42 Å². The molecule has 0 unspecified atom stereocenters. The molecule has 0 aliphatic carbocycles. The molecule has 0 bridgehead atoms. The minimum atomic E-state index is -3.91. The maximum absolute atomic E-state index is 14.3. The van der Waals surface area contributed by atoms with E-state index in [9.17, 15) is 18.0 Å². The van der Waals surface area contributed by atoms with Crippen LogP contribution in [0.3, 0.4) is 0 Å². The number of amides is 2. The van der Waals surface area contributed by atoms with Crippen molar-refractivity contribution in [2.24, 2.45) is 0 Å². The second kappa shape index (κ2) is 16.3. The van der Waals surface area contributed by atoms with Gasteiger partial charge in [0.1, 0.15) is 24.9 Å². The Balaban J connectivity index is 1.65. The minimum Gasteiger partial charge on any atom is -0.489 e. The van der Waals surface area contributed by atoms with Crippen LogP contribution in [0.1, 0.15) is 37.0 Å². The van der Waals surface area contributed by atoms with Gasteiger partial charge < -0.3 is 15.0 Å². The Morgan fingerprint density at radius 3 is 2.02 bits per heavy atom. The molecule has 2 atom stereocenters. The van der Waals surface area contributed by atoms with Crippen molar-refractivity contribution in [3.63, 3.8) is 0 Å². The fourth-order valence-electron chi connectivity index (χ4n) is 4.87. The lowest BCUT2D eigenvalue weighted by molar-refractivity contribution is -0.140. The van der Waals surface area contributed by atoms with Gasteiger partial charge in [0.15, 0.2) is 0 Å². The van der Waals surface area contributed by atoms with Gasteiger partial charge in [-0.05, 0) is 60.4 Å². The third-order valence-electron chi connectivity index (χ3n) is 7.62.